The Hall–Kier alpha value is -2.10. The molecule has 7 heteroatoms. The number of carbonyl (C=O) groups is 1. The van der Waals surface area contributed by atoms with Gasteiger partial charge in [0.2, 0.25) is 0 Å². The highest BCUT2D eigenvalue weighted by molar-refractivity contribution is 6.32. The van der Waals surface area contributed by atoms with Crippen LogP contribution in [0.15, 0.2) is 12.1 Å². The van der Waals surface area contributed by atoms with E-state index in [2.05, 4.69) is 11.2 Å². The van der Waals surface area contributed by atoms with Crippen LogP contribution in [0.2, 0.25) is 5.02 Å². The van der Waals surface area contributed by atoms with Gasteiger partial charge in [-0.25, -0.2) is 4.68 Å². The molecule has 1 unspecified atom stereocenters. The maximum atomic E-state index is 11.9. The van der Waals surface area contributed by atoms with Gasteiger partial charge in [-0.15, -0.1) is 0 Å². The van der Waals surface area contributed by atoms with Gasteiger partial charge in [-0.1, -0.05) is 11.6 Å². The Morgan fingerprint density at radius 1 is 1.54 bits per heavy atom. The lowest BCUT2D eigenvalue weighted by Gasteiger charge is -2.23. The van der Waals surface area contributed by atoms with Gasteiger partial charge in [0, 0.05) is 17.0 Å². The van der Waals surface area contributed by atoms with E-state index >= 15 is 0 Å². The number of ether oxygens (including phenoxy) is 2. The third-order valence-electron chi connectivity index (χ3n) is 4.09. The first kappa shape index (κ1) is 16.7. The number of hydrogen-bond donors (Lipinski definition) is 0. The predicted molar refractivity (Wildman–Crippen MR) is 88.6 cm³/mol. The van der Waals surface area contributed by atoms with Crippen LogP contribution >= 0.6 is 11.6 Å². The monoisotopic (exact) mass is 347 g/mol. The molecule has 6 nitrogen and oxygen atoms in total. The number of nitrogens with zero attached hydrogens (tertiary/aromatic N) is 3. The molecule has 126 valence electrons. The van der Waals surface area contributed by atoms with E-state index in [9.17, 15) is 10.1 Å². The molecule has 1 saturated heterocycles. The van der Waals surface area contributed by atoms with Crippen molar-refractivity contribution in [1.29, 1.82) is 5.26 Å². The zero-order valence-corrected chi connectivity index (χ0v) is 14.2. The standard InChI is InChI=1S/C17H18ClN3O3/c1-2-23-16(22)9-11-12(18)6-7-14-17(11)13(10-19)20-21(14)15-5-3-4-8-24-15/h6-7,15H,2-5,8-9H2,1H3. The fourth-order valence-corrected chi connectivity index (χ4v) is 3.24. The van der Waals surface area contributed by atoms with E-state index in [0.29, 0.717) is 29.2 Å². The summed E-state index contributed by atoms with van der Waals surface area (Å²) in [5.74, 6) is -0.377. The number of fused-ring (bicyclic) bond motifs is 1. The number of halogens is 1. The summed E-state index contributed by atoms with van der Waals surface area (Å²) in [5.41, 5.74) is 1.58. The quantitative estimate of drug-likeness (QED) is 0.792. The molecule has 2 aromatic rings. The van der Waals surface area contributed by atoms with E-state index < -0.39 is 0 Å². The topological polar surface area (TPSA) is 77.1 Å². The number of benzene rings is 1. The first-order valence-electron chi connectivity index (χ1n) is 8.02. The summed E-state index contributed by atoms with van der Waals surface area (Å²) in [6.45, 7) is 2.73. The molecule has 0 aliphatic carbocycles. The second-order valence-electron chi connectivity index (χ2n) is 5.63. The highest BCUT2D eigenvalue weighted by Crippen LogP contribution is 2.33. The van der Waals surface area contributed by atoms with Gasteiger partial charge >= 0.3 is 5.97 Å². The molecule has 0 amide bonds. The molecule has 3 rings (SSSR count). The van der Waals surface area contributed by atoms with Crippen molar-refractivity contribution < 1.29 is 14.3 Å². The van der Waals surface area contributed by atoms with Crippen LogP contribution in [0.4, 0.5) is 0 Å². The van der Waals surface area contributed by atoms with Crippen molar-refractivity contribution in [2.24, 2.45) is 0 Å². The summed E-state index contributed by atoms with van der Waals surface area (Å²) < 4.78 is 12.5. The summed E-state index contributed by atoms with van der Waals surface area (Å²) in [4.78, 5) is 11.9. The minimum absolute atomic E-state index is 0.00983. The molecule has 0 saturated carbocycles. The molecule has 24 heavy (non-hydrogen) atoms. The molecule has 1 aliphatic heterocycles. The number of esters is 1. The van der Waals surface area contributed by atoms with Crippen LogP contribution in [0.3, 0.4) is 0 Å². The van der Waals surface area contributed by atoms with E-state index in [1.54, 1.807) is 17.7 Å². The second-order valence-corrected chi connectivity index (χ2v) is 6.04. The Bertz CT molecular complexity index is 803. The van der Waals surface area contributed by atoms with Crippen molar-refractivity contribution in [1.82, 2.24) is 9.78 Å². The molecule has 1 fully saturated rings. The van der Waals surface area contributed by atoms with Gasteiger partial charge in [0.25, 0.3) is 0 Å². The highest BCUT2D eigenvalue weighted by atomic mass is 35.5. The maximum absolute atomic E-state index is 11.9. The molecule has 1 aromatic heterocycles. The predicted octanol–water partition coefficient (Wildman–Crippen LogP) is 3.37. The van der Waals surface area contributed by atoms with Gasteiger partial charge in [-0.3, -0.25) is 4.79 Å². The van der Waals surface area contributed by atoms with Gasteiger partial charge in [0.1, 0.15) is 6.07 Å². The largest absolute Gasteiger partial charge is 0.466 e. The van der Waals surface area contributed by atoms with Crippen LogP contribution in [-0.4, -0.2) is 29.0 Å². The third kappa shape index (κ3) is 3.10. The summed E-state index contributed by atoms with van der Waals surface area (Å²) in [5, 5.41) is 14.9. The Balaban J connectivity index is 2.11. The fourth-order valence-electron chi connectivity index (χ4n) is 3.02. The van der Waals surface area contributed by atoms with Crippen molar-refractivity contribution in [2.45, 2.75) is 38.8 Å². The summed E-state index contributed by atoms with van der Waals surface area (Å²) in [6, 6.07) is 5.64. The molecule has 0 spiro atoms. The fraction of sp³-hybridized carbons (Fsp3) is 0.471. The highest BCUT2D eigenvalue weighted by Gasteiger charge is 2.24. The number of rotatable bonds is 4. The van der Waals surface area contributed by atoms with E-state index in [-0.39, 0.29) is 24.3 Å². The summed E-state index contributed by atoms with van der Waals surface area (Å²) in [7, 11) is 0. The Morgan fingerprint density at radius 3 is 3.04 bits per heavy atom. The lowest BCUT2D eigenvalue weighted by molar-refractivity contribution is -0.142. The lowest BCUT2D eigenvalue weighted by Crippen LogP contribution is -2.19. The van der Waals surface area contributed by atoms with E-state index in [4.69, 9.17) is 21.1 Å². The first-order valence-corrected chi connectivity index (χ1v) is 8.40. The number of nitriles is 1. The third-order valence-corrected chi connectivity index (χ3v) is 4.44. The minimum Gasteiger partial charge on any atom is -0.466 e. The van der Waals surface area contributed by atoms with Crippen LogP contribution < -0.4 is 0 Å². The Kier molecular flexibility index (Phi) is 5.03. The van der Waals surface area contributed by atoms with Crippen LogP contribution in [0.25, 0.3) is 10.9 Å². The first-order chi connectivity index (χ1) is 11.7. The average molecular weight is 348 g/mol. The maximum Gasteiger partial charge on any atom is 0.310 e. The van der Waals surface area contributed by atoms with Gasteiger partial charge in [-0.2, -0.15) is 10.4 Å². The number of aromatic nitrogens is 2. The van der Waals surface area contributed by atoms with E-state index in [0.717, 1.165) is 24.8 Å². The Morgan fingerprint density at radius 2 is 2.38 bits per heavy atom. The van der Waals surface area contributed by atoms with Crippen LogP contribution in [0.1, 0.15) is 43.7 Å². The second kappa shape index (κ2) is 7.20. The smallest absolute Gasteiger partial charge is 0.310 e. The molecule has 2 heterocycles. The van der Waals surface area contributed by atoms with Crippen LogP contribution in [0, 0.1) is 11.3 Å². The molecule has 0 N–H and O–H groups in total. The van der Waals surface area contributed by atoms with Crippen LogP contribution in [0.5, 0.6) is 0 Å². The SMILES string of the molecule is CCOC(=O)Cc1c(Cl)ccc2c1c(C#N)nn2C1CCCCO1. The van der Waals surface area contributed by atoms with E-state index in [1.165, 1.54) is 0 Å². The number of carbonyl (C=O) groups excluding carboxylic acids is 1. The average Bonchev–Trinajstić information content (AvgIpc) is 2.97. The normalized spacial score (nSPS) is 17.6. The van der Waals surface area contributed by atoms with Crippen molar-refractivity contribution in [3.63, 3.8) is 0 Å². The zero-order chi connectivity index (χ0) is 17.1. The molecule has 1 atom stereocenters. The summed E-state index contributed by atoms with van der Waals surface area (Å²) in [6.07, 6.45) is 2.74. The minimum atomic E-state index is -0.377. The van der Waals surface area contributed by atoms with Crippen molar-refractivity contribution >= 4 is 28.5 Å². The summed E-state index contributed by atoms with van der Waals surface area (Å²) >= 11 is 6.29. The van der Waals surface area contributed by atoms with Crippen molar-refractivity contribution in [3.05, 3.63) is 28.4 Å². The van der Waals surface area contributed by atoms with Gasteiger partial charge in [-0.05, 0) is 43.9 Å². The van der Waals surface area contributed by atoms with Crippen molar-refractivity contribution in [2.75, 3.05) is 13.2 Å². The van der Waals surface area contributed by atoms with Crippen LogP contribution in [-0.2, 0) is 20.7 Å². The number of hydrogen-bond acceptors (Lipinski definition) is 5. The molecular weight excluding hydrogens is 330 g/mol. The van der Waals surface area contributed by atoms with Gasteiger partial charge in [0.15, 0.2) is 11.9 Å². The molecule has 1 aromatic carbocycles. The van der Waals surface area contributed by atoms with Gasteiger partial charge in [0.05, 0.1) is 18.5 Å². The molecule has 0 bridgehead atoms. The lowest BCUT2D eigenvalue weighted by atomic mass is 10.0. The molecule has 1 aliphatic rings. The zero-order valence-electron chi connectivity index (χ0n) is 13.4. The Labute approximate surface area is 144 Å². The van der Waals surface area contributed by atoms with Crippen molar-refractivity contribution in [3.8, 4) is 6.07 Å². The molecular formula is C17H18ClN3O3. The molecule has 0 radical (unpaired) electrons. The van der Waals surface area contributed by atoms with Gasteiger partial charge < -0.3 is 9.47 Å². The van der Waals surface area contributed by atoms with E-state index in [1.807, 2.05) is 6.07 Å².